The Kier molecular flexibility index (Phi) is 4.78. The van der Waals surface area contributed by atoms with Crippen LogP contribution in [-0.4, -0.2) is 16.7 Å². The maximum absolute atomic E-state index is 6.38. The van der Waals surface area contributed by atoms with Gasteiger partial charge in [0, 0.05) is 6.61 Å². The van der Waals surface area contributed by atoms with Gasteiger partial charge in [0.25, 0.3) is 0 Å². The lowest BCUT2D eigenvalue weighted by Gasteiger charge is -2.23. The second-order valence-corrected chi connectivity index (χ2v) is 5.18. The Hall–Kier alpha value is -1.39. The van der Waals surface area contributed by atoms with Gasteiger partial charge in [0.1, 0.15) is 11.0 Å². The number of hydrogen-bond acceptors (Lipinski definition) is 4. The van der Waals surface area contributed by atoms with Crippen LogP contribution in [0.25, 0.3) is 0 Å². The van der Waals surface area contributed by atoms with Gasteiger partial charge in [-0.05, 0) is 25.8 Å². The number of benzene rings is 1. The van der Waals surface area contributed by atoms with Gasteiger partial charge < -0.3 is 9.26 Å². The molecular formula is C15H19ClN2O2. The zero-order valence-electron chi connectivity index (χ0n) is 12.0. The lowest BCUT2D eigenvalue weighted by molar-refractivity contribution is -0.0403. The molecule has 0 saturated heterocycles. The van der Waals surface area contributed by atoms with Crippen molar-refractivity contribution in [1.29, 1.82) is 0 Å². The Balaban J connectivity index is 2.24. The minimum atomic E-state index is -0.538. The van der Waals surface area contributed by atoms with Crippen molar-refractivity contribution in [2.24, 2.45) is 0 Å². The molecule has 1 aromatic carbocycles. The van der Waals surface area contributed by atoms with E-state index in [0.29, 0.717) is 18.3 Å². The van der Waals surface area contributed by atoms with Crippen LogP contribution in [0.15, 0.2) is 34.9 Å². The van der Waals surface area contributed by atoms with Crippen molar-refractivity contribution < 1.29 is 9.26 Å². The van der Waals surface area contributed by atoms with E-state index in [-0.39, 0.29) is 0 Å². The zero-order chi connectivity index (χ0) is 14.6. The molecule has 2 unspecified atom stereocenters. The van der Waals surface area contributed by atoms with Crippen molar-refractivity contribution in [2.75, 3.05) is 6.61 Å². The number of hydrogen-bond donors (Lipinski definition) is 0. The van der Waals surface area contributed by atoms with Gasteiger partial charge in [-0.15, -0.1) is 11.6 Å². The van der Waals surface area contributed by atoms with E-state index < -0.39 is 11.0 Å². The average molecular weight is 295 g/mol. The minimum Gasteiger partial charge on any atom is -0.367 e. The van der Waals surface area contributed by atoms with Crippen LogP contribution in [0, 0.1) is 0 Å². The van der Waals surface area contributed by atoms with Crippen LogP contribution in [0.2, 0.25) is 0 Å². The van der Waals surface area contributed by atoms with E-state index in [9.17, 15) is 0 Å². The average Bonchev–Trinajstić information content (AvgIpc) is 2.98. The highest BCUT2D eigenvalue weighted by Crippen LogP contribution is 2.31. The molecule has 2 rings (SSSR count). The molecule has 0 spiro atoms. The molecule has 0 aliphatic rings. The van der Waals surface area contributed by atoms with E-state index in [1.165, 1.54) is 0 Å². The van der Waals surface area contributed by atoms with Crippen molar-refractivity contribution in [3.05, 3.63) is 47.6 Å². The second-order valence-electron chi connectivity index (χ2n) is 4.75. The lowest BCUT2D eigenvalue weighted by atomic mass is 10.0. The van der Waals surface area contributed by atoms with Crippen LogP contribution in [0.4, 0.5) is 0 Å². The highest BCUT2D eigenvalue weighted by molar-refractivity contribution is 6.22. The largest absolute Gasteiger partial charge is 0.367 e. The molecule has 5 heteroatoms. The third kappa shape index (κ3) is 3.02. The highest BCUT2D eigenvalue weighted by atomic mass is 35.5. The molecule has 0 amide bonds. The summed E-state index contributed by atoms with van der Waals surface area (Å²) in [7, 11) is 0. The molecule has 108 valence electrons. The van der Waals surface area contributed by atoms with E-state index in [0.717, 1.165) is 12.0 Å². The molecule has 0 fully saturated rings. The van der Waals surface area contributed by atoms with Crippen molar-refractivity contribution >= 4 is 11.6 Å². The summed E-state index contributed by atoms with van der Waals surface area (Å²) in [5.74, 6) is 0.936. The summed E-state index contributed by atoms with van der Waals surface area (Å²) in [6.45, 7) is 6.53. The fourth-order valence-electron chi connectivity index (χ4n) is 1.96. The first-order valence-electron chi connectivity index (χ1n) is 6.77. The van der Waals surface area contributed by atoms with Crippen LogP contribution < -0.4 is 0 Å². The molecule has 0 aliphatic heterocycles. The molecule has 4 nitrogen and oxygen atoms in total. The Morgan fingerprint density at radius 2 is 2.00 bits per heavy atom. The van der Waals surface area contributed by atoms with E-state index in [2.05, 4.69) is 10.1 Å². The number of halogens is 1. The van der Waals surface area contributed by atoms with E-state index in [1.54, 1.807) is 0 Å². The van der Waals surface area contributed by atoms with E-state index in [1.807, 2.05) is 51.1 Å². The summed E-state index contributed by atoms with van der Waals surface area (Å²) in [6, 6.07) is 9.67. The second kappa shape index (κ2) is 6.37. The fraction of sp³-hybridized carbons (Fsp3) is 0.467. The van der Waals surface area contributed by atoms with Gasteiger partial charge in [-0.25, -0.2) is 0 Å². The summed E-state index contributed by atoms with van der Waals surface area (Å²) in [5.41, 5.74) is 0.392. The van der Waals surface area contributed by atoms with Crippen molar-refractivity contribution in [2.45, 2.75) is 38.2 Å². The smallest absolute Gasteiger partial charge is 0.249 e. The Labute approximate surface area is 124 Å². The van der Waals surface area contributed by atoms with Crippen molar-refractivity contribution in [3.8, 4) is 0 Å². The molecule has 0 saturated carbocycles. The zero-order valence-corrected chi connectivity index (χ0v) is 12.7. The van der Waals surface area contributed by atoms with Gasteiger partial charge in [0.05, 0.1) is 0 Å². The molecule has 0 bridgehead atoms. The number of aromatic nitrogens is 2. The Morgan fingerprint density at radius 1 is 1.30 bits per heavy atom. The van der Waals surface area contributed by atoms with Gasteiger partial charge in [-0.3, -0.25) is 0 Å². The van der Waals surface area contributed by atoms with Crippen molar-refractivity contribution in [1.82, 2.24) is 10.1 Å². The van der Waals surface area contributed by atoms with Crippen LogP contribution in [0.3, 0.4) is 0 Å². The van der Waals surface area contributed by atoms with Gasteiger partial charge in [-0.1, -0.05) is 42.4 Å². The van der Waals surface area contributed by atoms with Crippen molar-refractivity contribution in [3.63, 3.8) is 0 Å². The molecule has 0 N–H and O–H groups in total. The summed E-state index contributed by atoms with van der Waals surface area (Å²) < 4.78 is 11.0. The molecule has 2 atom stereocenters. The van der Waals surface area contributed by atoms with E-state index >= 15 is 0 Å². The van der Waals surface area contributed by atoms with Gasteiger partial charge >= 0.3 is 0 Å². The number of nitrogens with zero attached hydrogens (tertiary/aromatic N) is 2. The topological polar surface area (TPSA) is 48.2 Å². The summed E-state index contributed by atoms with van der Waals surface area (Å²) in [5, 5.41) is 3.58. The third-order valence-corrected chi connectivity index (χ3v) is 3.80. The Bertz CT molecular complexity index is 544. The van der Waals surface area contributed by atoms with Crippen LogP contribution in [-0.2, 0) is 10.3 Å². The molecule has 20 heavy (non-hydrogen) atoms. The van der Waals surface area contributed by atoms with Gasteiger partial charge in [-0.2, -0.15) is 4.98 Å². The maximum Gasteiger partial charge on any atom is 0.249 e. The van der Waals surface area contributed by atoms with Crippen LogP contribution in [0.1, 0.15) is 49.8 Å². The number of ether oxygens (including phenoxy) is 1. The SMILES string of the molecule is CCOC(C)(CC)c1noc(C(Cl)c2ccccc2)n1. The predicted octanol–water partition coefficient (Wildman–Crippen LogP) is 4.06. The van der Waals surface area contributed by atoms with Crippen LogP contribution >= 0.6 is 11.6 Å². The maximum atomic E-state index is 6.38. The number of alkyl halides is 1. The fourth-order valence-corrected chi connectivity index (χ4v) is 2.19. The number of rotatable bonds is 6. The molecule has 0 radical (unpaired) electrons. The first-order chi connectivity index (χ1) is 9.60. The van der Waals surface area contributed by atoms with Gasteiger partial charge in [0.2, 0.25) is 11.7 Å². The monoisotopic (exact) mass is 294 g/mol. The molecule has 1 heterocycles. The summed E-state index contributed by atoms with van der Waals surface area (Å²) >= 11 is 6.38. The molecule has 2 aromatic rings. The lowest BCUT2D eigenvalue weighted by Crippen LogP contribution is -2.26. The quantitative estimate of drug-likeness (QED) is 0.754. The molecular weight excluding hydrogens is 276 g/mol. The van der Waals surface area contributed by atoms with E-state index in [4.69, 9.17) is 20.9 Å². The Morgan fingerprint density at radius 3 is 2.60 bits per heavy atom. The first kappa shape index (κ1) is 15.0. The van der Waals surface area contributed by atoms with Crippen LogP contribution in [0.5, 0.6) is 0 Å². The first-order valence-corrected chi connectivity index (χ1v) is 7.21. The standard InChI is InChI=1S/C15H19ClN2O2/c1-4-15(3,19-5-2)14-17-13(20-18-14)12(16)11-9-7-6-8-10-11/h6-10,12H,4-5H2,1-3H3. The summed E-state index contributed by atoms with van der Waals surface area (Å²) in [6.07, 6.45) is 0.762. The van der Waals surface area contributed by atoms with Gasteiger partial charge in [0.15, 0.2) is 0 Å². The minimum absolute atomic E-state index is 0.396. The molecule has 0 aliphatic carbocycles. The summed E-state index contributed by atoms with van der Waals surface area (Å²) in [4.78, 5) is 4.41. The highest BCUT2D eigenvalue weighted by Gasteiger charge is 2.32. The normalized spacial score (nSPS) is 15.8. The third-order valence-electron chi connectivity index (χ3n) is 3.36. The predicted molar refractivity (Wildman–Crippen MR) is 77.7 cm³/mol. The molecule has 1 aromatic heterocycles.